The number of aromatic hydroxyl groups is 1. The molecule has 2 N–H and O–H groups in total. The van der Waals surface area contributed by atoms with Crippen LogP contribution in [0.3, 0.4) is 0 Å². The number of imidazole rings is 1. The van der Waals surface area contributed by atoms with Gasteiger partial charge in [-0.2, -0.15) is 10.3 Å². The number of unbranched alkanes of at least 4 members (excludes halogenated alkanes) is 1. The van der Waals surface area contributed by atoms with E-state index in [-0.39, 0.29) is 22.3 Å². The summed E-state index contributed by atoms with van der Waals surface area (Å²) in [4.78, 5) is 28.8. The first-order valence-corrected chi connectivity index (χ1v) is 15.1. The third-order valence-electron chi connectivity index (χ3n) is 7.22. The van der Waals surface area contributed by atoms with Crippen LogP contribution in [0.2, 0.25) is 5.15 Å². The van der Waals surface area contributed by atoms with E-state index < -0.39 is 5.78 Å². The van der Waals surface area contributed by atoms with Gasteiger partial charge in [-0.05, 0) is 53.4 Å². The van der Waals surface area contributed by atoms with Crippen LogP contribution in [0.1, 0.15) is 66.9 Å². The number of rotatable bonds is 14. The second-order valence-corrected chi connectivity index (χ2v) is 10.6. The molecule has 11 nitrogen and oxygen atoms in total. The summed E-state index contributed by atoms with van der Waals surface area (Å²) in [5, 5.41) is 27.3. The molecular weight excluding hydrogens is 580 g/mol. The number of nitrogens with zero attached hydrogens (tertiary/aromatic N) is 7. The smallest absolute Gasteiger partial charge is 0.234 e. The molecule has 0 unspecified atom stereocenters. The second kappa shape index (κ2) is 14.3. The zero-order chi connectivity index (χ0) is 31.1. The predicted molar refractivity (Wildman–Crippen MR) is 167 cm³/mol. The molecule has 0 fully saturated rings. The number of aromatic nitrogens is 7. The Hall–Kier alpha value is -4.45. The van der Waals surface area contributed by atoms with Crippen molar-refractivity contribution < 1.29 is 14.7 Å². The Morgan fingerprint density at radius 1 is 1.05 bits per heavy atom. The van der Waals surface area contributed by atoms with Gasteiger partial charge in [0.05, 0.1) is 18.8 Å². The number of carbonyl (C=O) groups is 1. The number of ketones is 1. The topological polar surface area (TPSA) is 135 Å². The number of carbonyl (C=O) groups excluding carboxylic acids is 1. The van der Waals surface area contributed by atoms with Crippen LogP contribution in [0.25, 0.3) is 22.5 Å². The lowest BCUT2D eigenvalue weighted by Crippen LogP contribution is -2.24. The van der Waals surface area contributed by atoms with E-state index in [4.69, 9.17) is 16.4 Å². The molecule has 3 heterocycles. The monoisotopic (exact) mass is 614 g/mol. The summed E-state index contributed by atoms with van der Waals surface area (Å²) in [7, 11) is 0. The maximum absolute atomic E-state index is 14.1. The van der Waals surface area contributed by atoms with Crippen LogP contribution in [-0.2, 0) is 24.3 Å². The van der Waals surface area contributed by atoms with E-state index in [0.717, 1.165) is 35.1 Å². The highest BCUT2D eigenvalue weighted by molar-refractivity contribution is 6.33. The number of halogens is 1. The van der Waals surface area contributed by atoms with Crippen molar-refractivity contribution in [1.82, 2.24) is 40.2 Å². The molecule has 0 bridgehead atoms. The maximum atomic E-state index is 14.1. The van der Waals surface area contributed by atoms with Crippen LogP contribution in [0.4, 0.5) is 0 Å². The molecule has 0 saturated carbocycles. The number of aryl methyl sites for hydroxylation is 1. The van der Waals surface area contributed by atoms with Crippen LogP contribution in [0.5, 0.6) is 5.75 Å². The fraction of sp³-hybridized carbons (Fsp3) is 0.312. The molecule has 3 aromatic heterocycles. The Morgan fingerprint density at radius 3 is 2.57 bits per heavy atom. The Morgan fingerprint density at radius 2 is 1.86 bits per heavy atom. The second-order valence-electron chi connectivity index (χ2n) is 10.2. The predicted octanol–water partition coefficient (Wildman–Crippen LogP) is 5.88. The Labute approximate surface area is 260 Å². The van der Waals surface area contributed by atoms with Crippen LogP contribution >= 0.6 is 11.6 Å². The van der Waals surface area contributed by atoms with Crippen molar-refractivity contribution in [3.05, 3.63) is 94.3 Å². The van der Waals surface area contributed by atoms with Crippen molar-refractivity contribution in [2.24, 2.45) is 0 Å². The first kappa shape index (κ1) is 31.0. The highest BCUT2D eigenvalue weighted by atomic mass is 35.5. The van der Waals surface area contributed by atoms with Crippen LogP contribution < -0.4 is 0 Å². The molecule has 0 aliphatic heterocycles. The number of aromatic amines is 1. The van der Waals surface area contributed by atoms with Gasteiger partial charge in [0.25, 0.3) is 0 Å². The molecular formula is C32H35ClN8O3. The number of hydrogen-bond acceptors (Lipinski definition) is 9. The summed E-state index contributed by atoms with van der Waals surface area (Å²) in [6.07, 6.45) is 2.44. The van der Waals surface area contributed by atoms with Crippen LogP contribution in [0.15, 0.2) is 60.7 Å². The minimum Gasteiger partial charge on any atom is -0.506 e. The number of nitrogens with one attached hydrogen (secondary N) is 1. The number of tetrazole rings is 1. The van der Waals surface area contributed by atoms with Gasteiger partial charge in [0, 0.05) is 25.1 Å². The van der Waals surface area contributed by atoms with E-state index in [0.29, 0.717) is 50.0 Å². The summed E-state index contributed by atoms with van der Waals surface area (Å²) < 4.78 is 1.82. The molecule has 12 heteroatoms. The van der Waals surface area contributed by atoms with Gasteiger partial charge in [0.15, 0.2) is 10.8 Å². The zero-order valence-corrected chi connectivity index (χ0v) is 25.8. The minimum atomic E-state index is -0.511. The first-order chi connectivity index (χ1) is 21.4. The van der Waals surface area contributed by atoms with E-state index >= 15 is 0 Å². The van der Waals surface area contributed by atoms with Gasteiger partial charge in [0.1, 0.15) is 17.3 Å². The molecule has 0 atom stereocenters. The van der Waals surface area contributed by atoms with Gasteiger partial charge >= 0.3 is 0 Å². The molecule has 228 valence electrons. The molecule has 2 aromatic carbocycles. The summed E-state index contributed by atoms with van der Waals surface area (Å²) in [6, 6.07) is 19.1. The van der Waals surface area contributed by atoms with Gasteiger partial charge in [-0.1, -0.05) is 74.3 Å². The number of benzene rings is 2. The summed E-state index contributed by atoms with van der Waals surface area (Å²) in [6.45, 7) is 7.76. The van der Waals surface area contributed by atoms with Crippen LogP contribution in [0, 0.1) is 0 Å². The Balaban J connectivity index is 1.56. The molecule has 0 aliphatic rings. The molecule has 44 heavy (non-hydrogen) atoms. The van der Waals surface area contributed by atoms with Gasteiger partial charge in [0.2, 0.25) is 11.6 Å². The highest BCUT2D eigenvalue weighted by Gasteiger charge is 2.27. The molecule has 0 amide bonds. The van der Waals surface area contributed by atoms with E-state index in [1.165, 1.54) is 6.07 Å². The van der Waals surface area contributed by atoms with Crippen molar-refractivity contribution >= 4 is 17.4 Å². The fourth-order valence-corrected chi connectivity index (χ4v) is 5.34. The SMILES string of the molecule is CCCCc1nc(Cl)c(C(=O)c2nc(CN(CC)OCC)ccc2O)n1Cc1ccc(-c2ccccc2)c(-c2nn[nH]n2)c1. The number of H-pyrrole nitrogens is 1. The summed E-state index contributed by atoms with van der Waals surface area (Å²) in [5.74, 6) is 0.390. The number of pyridine rings is 1. The summed E-state index contributed by atoms with van der Waals surface area (Å²) in [5.41, 5.74) is 4.29. The quantitative estimate of drug-likeness (QED) is 0.116. The van der Waals surface area contributed by atoms with Crippen molar-refractivity contribution in [2.45, 2.75) is 53.1 Å². The first-order valence-electron chi connectivity index (χ1n) is 14.7. The number of hydroxylamine groups is 2. The third-order valence-corrected chi connectivity index (χ3v) is 7.48. The number of hydrogen-bond donors (Lipinski definition) is 2. The van der Waals surface area contributed by atoms with E-state index in [2.05, 4.69) is 37.5 Å². The van der Waals surface area contributed by atoms with Gasteiger partial charge in [-0.25, -0.2) is 9.97 Å². The molecule has 0 radical (unpaired) electrons. The standard InChI is InChI=1S/C32H35ClN8O3/c1-4-7-13-27-35-31(33)29(30(43)28-26(42)17-15-23(34-28)20-40(5-2)44-6-3)41(27)19-21-14-16-24(22-11-9-8-10-12-22)25(18-21)32-36-38-39-37-32/h8-12,14-18,42H,4-7,13,19-20H2,1-3H3,(H,36,37,38,39). The van der Waals surface area contributed by atoms with Gasteiger partial charge in [-0.15, -0.1) is 10.2 Å². The van der Waals surface area contributed by atoms with Crippen LogP contribution in [-0.4, -0.2) is 64.3 Å². The average Bonchev–Trinajstić information content (AvgIpc) is 3.69. The van der Waals surface area contributed by atoms with Crippen molar-refractivity contribution in [3.63, 3.8) is 0 Å². The Bertz CT molecular complexity index is 1710. The Kier molecular flexibility index (Phi) is 10.1. The lowest BCUT2D eigenvalue weighted by Gasteiger charge is -2.19. The largest absolute Gasteiger partial charge is 0.506 e. The van der Waals surface area contributed by atoms with Crippen molar-refractivity contribution in [2.75, 3.05) is 13.2 Å². The minimum absolute atomic E-state index is 0.0662. The molecule has 0 aliphatic carbocycles. The normalized spacial score (nSPS) is 11.4. The molecule has 0 spiro atoms. The maximum Gasteiger partial charge on any atom is 0.234 e. The van der Waals surface area contributed by atoms with Gasteiger partial charge < -0.3 is 9.67 Å². The van der Waals surface area contributed by atoms with E-state index in [1.54, 1.807) is 11.1 Å². The average molecular weight is 615 g/mol. The zero-order valence-electron chi connectivity index (χ0n) is 25.0. The lowest BCUT2D eigenvalue weighted by atomic mass is 9.97. The fourth-order valence-electron chi connectivity index (χ4n) is 5.05. The van der Waals surface area contributed by atoms with E-state index in [1.807, 2.05) is 66.9 Å². The summed E-state index contributed by atoms with van der Waals surface area (Å²) >= 11 is 6.68. The molecule has 5 rings (SSSR count). The van der Waals surface area contributed by atoms with Gasteiger partial charge in [-0.3, -0.25) is 9.63 Å². The van der Waals surface area contributed by atoms with Crippen molar-refractivity contribution in [1.29, 1.82) is 0 Å². The highest BCUT2D eigenvalue weighted by Crippen LogP contribution is 2.32. The lowest BCUT2D eigenvalue weighted by molar-refractivity contribution is -0.159. The molecule has 0 saturated heterocycles. The van der Waals surface area contributed by atoms with E-state index in [9.17, 15) is 9.90 Å². The molecule has 5 aromatic rings. The van der Waals surface area contributed by atoms with Crippen molar-refractivity contribution in [3.8, 4) is 28.3 Å². The third kappa shape index (κ3) is 6.85.